The van der Waals surface area contributed by atoms with Crippen LogP contribution < -0.4 is 21.5 Å². The molecule has 1 aliphatic heterocycles. The molecule has 6 rings (SSSR count). The van der Waals surface area contributed by atoms with Gasteiger partial charge in [-0.25, -0.2) is 0 Å². The van der Waals surface area contributed by atoms with Gasteiger partial charge in [-0.15, -0.1) is 0 Å². The fraction of sp³-hybridized carbons (Fsp3) is 0.458. The summed E-state index contributed by atoms with van der Waals surface area (Å²) in [7, 11) is 0. The molecule has 4 fully saturated rings. The van der Waals surface area contributed by atoms with Crippen LogP contribution in [0.1, 0.15) is 24.8 Å². The van der Waals surface area contributed by atoms with Gasteiger partial charge in [-0.05, 0) is 48.6 Å². The lowest BCUT2D eigenvalue weighted by molar-refractivity contribution is -0.182. The van der Waals surface area contributed by atoms with E-state index in [1.54, 1.807) is 12.3 Å². The number of carbonyl (C=O) groups is 2. The van der Waals surface area contributed by atoms with Crippen molar-refractivity contribution in [3.05, 3.63) is 42.1 Å². The van der Waals surface area contributed by atoms with Crippen LogP contribution in [-0.2, 0) is 20.9 Å². The molecule has 32 heavy (non-hydrogen) atoms. The molecule has 8 heteroatoms. The molecule has 0 spiro atoms. The maximum Gasteiger partial charge on any atom is 0.228 e. The Balaban J connectivity index is 1.28. The van der Waals surface area contributed by atoms with Crippen LogP contribution in [0.25, 0.3) is 11.3 Å². The average molecular weight is 437 g/mol. The number of nitrogens with one attached hydrogen (secondary N) is 1. The number of hydrogen-bond acceptors (Lipinski definition) is 6. The van der Waals surface area contributed by atoms with Gasteiger partial charge >= 0.3 is 0 Å². The quantitative estimate of drug-likeness (QED) is 0.609. The van der Waals surface area contributed by atoms with E-state index in [4.69, 9.17) is 20.9 Å². The minimum Gasteiger partial charge on any atom is -0.490 e. The molecule has 3 saturated carbocycles. The summed E-state index contributed by atoms with van der Waals surface area (Å²) in [4.78, 5) is 28.5. The van der Waals surface area contributed by atoms with Crippen molar-refractivity contribution in [2.45, 2.75) is 31.9 Å². The average Bonchev–Trinajstić information content (AvgIpc) is 2.72. The highest BCUT2D eigenvalue weighted by Crippen LogP contribution is 2.63. The molecule has 2 bridgehead atoms. The highest BCUT2D eigenvalue weighted by Gasteiger charge is 2.66. The third kappa shape index (κ3) is 3.73. The fourth-order valence-electron chi connectivity index (χ4n) is 5.13. The minimum atomic E-state index is -0.290. The summed E-state index contributed by atoms with van der Waals surface area (Å²) >= 11 is 0. The molecule has 168 valence electrons. The Morgan fingerprint density at radius 1 is 1.12 bits per heavy atom. The van der Waals surface area contributed by atoms with Crippen molar-refractivity contribution in [2.24, 2.45) is 35.1 Å². The van der Waals surface area contributed by atoms with E-state index in [2.05, 4.69) is 10.3 Å². The molecule has 2 atom stereocenters. The number of rotatable bonds is 7. The van der Waals surface area contributed by atoms with Crippen LogP contribution in [0.15, 0.2) is 36.5 Å². The summed E-state index contributed by atoms with van der Waals surface area (Å²) in [5, 5.41) is 2.98. The number of carbonyl (C=O) groups excluding carboxylic acids is 2. The fourth-order valence-corrected chi connectivity index (χ4v) is 5.13. The molecule has 2 unspecified atom stereocenters. The number of ether oxygens (including phenoxy) is 2. The van der Waals surface area contributed by atoms with E-state index in [1.165, 1.54) is 0 Å². The van der Waals surface area contributed by atoms with Gasteiger partial charge in [0.1, 0.15) is 11.9 Å². The van der Waals surface area contributed by atoms with Gasteiger partial charge in [0.2, 0.25) is 11.8 Å². The van der Waals surface area contributed by atoms with E-state index in [0.29, 0.717) is 25.4 Å². The van der Waals surface area contributed by atoms with Crippen LogP contribution in [0, 0.1) is 23.7 Å². The largest absolute Gasteiger partial charge is 0.490 e. The van der Waals surface area contributed by atoms with Gasteiger partial charge < -0.3 is 26.3 Å². The summed E-state index contributed by atoms with van der Waals surface area (Å²) < 4.78 is 11.6. The number of amides is 2. The van der Waals surface area contributed by atoms with E-state index in [-0.39, 0.29) is 41.6 Å². The highest BCUT2D eigenvalue weighted by molar-refractivity contribution is 5.97. The molecule has 2 aromatic rings. The second-order valence-corrected chi connectivity index (χ2v) is 8.89. The van der Waals surface area contributed by atoms with Gasteiger partial charge in [0.15, 0.2) is 0 Å². The maximum atomic E-state index is 12.7. The third-order valence-corrected chi connectivity index (χ3v) is 7.09. The van der Waals surface area contributed by atoms with Gasteiger partial charge in [-0.2, -0.15) is 0 Å². The Bertz CT molecular complexity index is 1030. The number of primary amides is 1. The van der Waals surface area contributed by atoms with Crippen LogP contribution in [0.3, 0.4) is 0 Å². The van der Waals surface area contributed by atoms with Gasteiger partial charge in [-0.3, -0.25) is 14.6 Å². The number of nitrogens with two attached hydrogens (primary N) is 2. The zero-order chi connectivity index (χ0) is 22.2. The normalized spacial score (nSPS) is 26.5. The molecule has 4 aliphatic rings. The Morgan fingerprint density at radius 3 is 2.59 bits per heavy atom. The first-order chi connectivity index (χ1) is 15.5. The lowest BCUT2D eigenvalue weighted by Gasteiger charge is -2.62. The number of anilines is 1. The van der Waals surface area contributed by atoms with E-state index < -0.39 is 0 Å². The van der Waals surface area contributed by atoms with Crippen molar-refractivity contribution in [1.82, 2.24) is 4.98 Å². The van der Waals surface area contributed by atoms with Crippen LogP contribution in [-0.4, -0.2) is 36.1 Å². The topological polar surface area (TPSA) is 130 Å². The molecular weight excluding hydrogens is 408 g/mol. The monoisotopic (exact) mass is 436 g/mol. The van der Waals surface area contributed by atoms with E-state index in [9.17, 15) is 9.59 Å². The number of aromatic nitrogens is 1. The van der Waals surface area contributed by atoms with Gasteiger partial charge in [0.25, 0.3) is 0 Å². The number of benzene rings is 1. The first-order valence-corrected chi connectivity index (χ1v) is 11.2. The predicted molar refractivity (Wildman–Crippen MR) is 118 cm³/mol. The first-order valence-electron chi connectivity index (χ1n) is 11.2. The molecule has 1 saturated heterocycles. The molecule has 1 aromatic carbocycles. The van der Waals surface area contributed by atoms with Crippen molar-refractivity contribution >= 4 is 17.5 Å². The molecule has 2 amide bonds. The Labute approximate surface area is 186 Å². The molecule has 1 aromatic heterocycles. The van der Waals surface area contributed by atoms with Crippen molar-refractivity contribution < 1.29 is 19.1 Å². The van der Waals surface area contributed by atoms with Crippen molar-refractivity contribution in [3.8, 4) is 17.0 Å². The first kappa shape index (κ1) is 20.9. The van der Waals surface area contributed by atoms with Crippen molar-refractivity contribution in [3.63, 3.8) is 0 Å². The number of hydrogen-bond donors (Lipinski definition) is 3. The standard InChI is InChI=1S/C24H28N4O4/c25-12-14-9-13(1-2-20(14)32-16-4-7-31-8-5-16)19-10-15(3-6-27-19)28-24(30)22-17-11-18(22)21(17)23(26)29/h1-3,6,9-10,16-18,21-22H,4-5,7-8,11-12,25H2,(H2,26,29)(H,27,28,30). The summed E-state index contributed by atoms with van der Waals surface area (Å²) in [5.41, 5.74) is 14.6. The summed E-state index contributed by atoms with van der Waals surface area (Å²) in [5.74, 6) is 0.388. The molecule has 5 N–H and O–H groups in total. The van der Waals surface area contributed by atoms with E-state index in [1.807, 2.05) is 24.3 Å². The molecule has 2 heterocycles. The molecule has 0 radical (unpaired) electrons. The van der Waals surface area contributed by atoms with Crippen LogP contribution >= 0.6 is 0 Å². The summed E-state index contributed by atoms with van der Waals surface area (Å²) in [6, 6.07) is 9.50. The molecule has 3 aliphatic carbocycles. The number of pyridine rings is 1. The SMILES string of the molecule is NCc1cc(-c2cc(NC(=O)C3C4CC3C4C(N)=O)ccn2)ccc1OC1CCOCC1. The summed E-state index contributed by atoms with van der Waals surface area (Å²) in [6.45, 7) is 1.79. The van der Waals surface area contributed by atoms with E-state index >= 15 is 0 Å². The second kappa shape index (κ2) is 8.52. The van der Waals surface area contributed by atoms with Crippen LogP contribution in [0.4, 0.5) is 5.69 Å². The smallest absolute Gasteiger partial charge is 0.228 e. The second-order valence-electron chi connectivity index (χ2n) is 8.89. The van der Waals surface area contributed by atoms with Crippen molar-refractivity contribution in [2.75, 3.05) is 18.5 Å². The van der Waals surface area contributed by atoms with Crippen LogP contribution in [0.5, 0.6) is 5.75 Å². The molecular formula is C24H28N4O4. The number of nitrogens with zero attached hydrogens (tertiary/aromatic N) is 1. The zero-order valence-electron chi connectivity index (χ0n) is 17.8. The zero-order valence-corrected chi connectivity index (χ0v) is 17.8. The van der Waals surface area contributed by atoms with Gasteiger partial charge in [0.05, 0.1) is 18.9 Å². The highest BCUT2D eigenvalue weighted by atomic mass is 16.5. The van der Waals surface area contributed by atoms with Gasteiger partial charge in [-0.1, -0.05) is 0 Å². The van der Waals surface area contributed by atoms with E-state index in [0.717, 1.165) is 41.8 Å². The van der Waals surface area contributed by atoms with Crippen molar-refractivity contribution in [1.29, 1.82) is 0 Å². The summed E-state index contributed by atoms with van der Waals surface area (Å²) in [6.07, 6.45) is 4.48. The Kier molecular flexibility index (Phi) is 5.57. The lowest BCUT2D eigenvalue weighted by atomic mass is 9.40. The molecule has 8 nitrogen and oxygen atoms in total. The lowest BCUT2D eigenvalue weighted by Crippen LogP contribution is -2.67. The predicted octanol–water partition coefficient (Wildman–Crippen LogP) is 2.07. The minimum absolute atomic E-state index is 0.0521. The van der Waals surface area contributed by atoms with Crippen LogP contribution in [0.2, 0.25) is 0 Å². The maximum absolute atomic E-state index is 12.7. The third-order valence-electron chi connectivity index (χ3n) is 7.09. The Morgan fingerprint density at radius 2 is 1.91 bits per heavy atom. The van der Waals surface area contributed by atoms with Gasteiger partial charge in [0, 0.05) is 54.2 Å². The Hall–Kier alpha value is -2.97.